The van der Waals surface area contributed by atoms with E-state index in [0.717, 1.165) is 27.9 Å². The van der Waals surface area contributed by atoms with Gasteiger partial charge in [-0.3, -0.25) is 0 Å². The zero-order valence-corrected chi connectivity index (χ0v) is 13.8. The van der Waals surface area contributed by atoms with Crippen LogP contribution in [-0.2, 0) is 7.05 Å². The van der Waals surface area contributed by atoms with Gasteiger partial charge in [0.15, 0.2) is 6.20 Å². The van der Waals surface area contributed by atoms with Gasteiger partial charge in [0, 0.05) is 22.7 Å². The third-order valence-corrected chi connectivity index (χ3v) is 4.18. The summed E-state index contributed by atoms with van der Waals surface area (Å²) in [6.45, 7) is 1.06. The number of aromatic nitrogens is 1. The Morgan fingerprint density at radius 3 is 2.39 bits per heavy atom. The second-order valence-corrected chi connectivity index (χ2v) is 5.90. The highest BCUT2D eigenvalue weighted by Gasteiger charge is 2.19. The lowest BCUT2D eigenvalue weighted by atomic mass is 9.92. The Morgan fingerprint density at radius 1 is 1.00 bits per heavy atom. The average Bonchev–Trinajstić information content (AvgIpc) is 2.62. The normalized spacial score (nSPS) is 16.7. The zero-order valence-electron chi connectivity index (χ0n) is 17.8. The molecule has 0 fully saturated rings. The molecule has 1 heteroatoms. The van der Waals surface area contributed by atoms with E-state index in [1.807, 2.05) is 85.4 Å². The lowest BCUT2D eigenvalue weighted by Crippen LogP contribution is -2.31. The van der Waals surface area contributed by atoms with E-state index in [1.54, 1.807) is 0 Å². The second kappa shape index (κ2) is 6.37. The number of hydrogen-bond donors (Lipinski definition) is 0. The number of aryl methyl sites for hydroxylation is 2. The Morgan fingerprint density at radius 2 is 1.70 bits per heavy atom. The third kappa shape index (κ3) is 3.05. The zero-order chi connectivity index (χ0) is 19.8. The second-order valence-electron chi connectivity index (χ2n) is 5.90. The van der Waals surface area contributed by atoms with Crippen molar-refractivity contribution in [2.75, 3.05) is 0 Å². The van der Waals surface area contributed by atoms with Crippen molar-refractivity contribution in [2.24, 2.45) is 7.05 Å². The molecule has 23 heavy (non-hydrogen) atoms. The summed E-state index contributed by atoms with van der Waals surface area (Å²) in [6.07, 6.45) is 1.94. The average molecular weight is 306 g/mol. The van der Waals surface area contributed by atoms with E-state index in [-0.39, 0.29) is 0 Å². The summed E-state index contributed by atoms with van der Waals surface area (Å²) in [5.41, 5.74) is 5.20. The largest absolute Gasteiger partial charge is 0.212 e. The molecule has 0 aliphatic rings. The van der Waals surface area contributed by atoms with Crippen molar-refractivity contribution in [1.82, 2.24) is 0 Å². The Labute approximate surface area is 144 Å². The quantitative estimate of drug-likeness (QED) is 0.580. The highest BCUT2D eigenvalue weighted by Crippen LogP contribution is 2.31. The molecule has 1 unspecified atom stereocenters. The van der Waals surface area contributed by atoms with E-state index in [9.17, 15) is 0 Å². The monoisotopic (exact) mass is 306 g/mol. The van der Waals surface area contributed by atoms with Crippen molar-refractivity contribution < 1.29 is 10.1 Å². The molecule has 0 bridgehead atoms. The molecule has 0 radical (unpaired) electrons. The minimum atomic E-state index is -2.44. The summed E-state index contributed by atoms with van der Waals surface area (Å²) >= 11 is 0. The Hall–Kier alpha value is -2.41. The van der Waals surface area contributed by atoms with Gasteiger partial charge in [0.25, 0.3) is 0 Å². The number of nitrogens with zero attached hydrogens (tertiary/aromatic N) is 1. The fraction of sp³-hybridized carbons (Fsp3) is 0.227. The lowest BCUT2D eigenvalue weighted by Gasteiger charge is -2.14. The Bertz CT molecular complexity index is 960. The van der Waals surface area contributed by atoms with Crippen molar-refractivity contribution in [3.63, 3.8) is 0 Å². The fourth-order valence-electron chi connectivity index (χ4n) is 2.94. The first kappa shape index (κ1) is 11.2. The van der Waals surface area contributed by atoms with Crippen LogP contribution in [0.3, 0.4) is 0 Å². The molecule has 0 saturated carbocycles. The van der Waals surface area contributed by atoms with Gasteiger partial charge >= 0.3 is 0 Å². The van der Waals surface area contributed by atoms with Crippen molar-refractivity contribution in [1.29, 1.82) is 0 Å². The molecule has 0 spiro atoms. The summed E-state index contributed by atoms with van der Waals surface area (Å²) < 4.78 is 34.5. The van der Waals surface area contributed by atoms with Crippen LogP contribution in [0.4, 0.5) is 0 Å². The number of pyridine rings is 1. The molecule has 0 saturated heterocycles. The number of rotatable bonds is 3. The smallest absolute Gasteiger partial charge is 0.200 e. The number of hydrogen-bond acceptors (Lipinski definition) is 0. The molecule has 1 nitrogen and oxygen atoms in total. The van der Waals surface area contributed by atoms with Gasteiger partial charge in [-0.1, -0.05) is 62.3 Å². The first-order valence-corrected chi connectivity index (χ1v) is 7.78. The van der Waals surface area contributed by atoms with E-state index in [2.05, 4.69) is 0 Å². The SMILES string of the molecule is [2H]C([2H])([2H])C([2H])(C)c1cc(-c2ccccc2C)[n+](C)cc1-c1ccccc1. The summed E-state index contributed by atoms with van der Waals surface area (Å²) in [5, 5.41) is 0. The van der Waals surface area contributed by atoms with E-state index < -0.39 is 12.7 Å². The molecule has 0 amide bonds. The molecule has 0 aliphatic carbocycles. The maximum atomic E-state index is 8.72. The lowest BCUT2D eigenvalue weighted by molar-refractivity contribution is -0.660. The van der Waals surface area contributed by atoms with Crippen molar-refractivity contribution in [3.05, 3.63) is 78.0 Å². The predicted octanol–water partition coefficient (Wildman–Crippen LogP) is 5.28. The van der Waals surface area contributed by atoms with Crippen LogP contribution in [0.2, 0.25) is 0 Å². The summed E-state index contributed by atoms with van der Waals surface area (Å²) in [7, 11) is 1.95. The van der Waals surface area contributed by atoms with Gasteiger partial charge in [0.05, 0.1) is 0 Å². The predicted molar refractivity (Wildman–Crippen MR) is 97.3 cm³/mol. The third-order valence-electron chi connectivity index (χ3n) is 4.18. The maximum Gasteiger partial charge on any atom is 0.212 e. The van der Waals surface area contributed by atoms with Crippen LogP contribution < -0.4 is 4.57 Å². The van der Waals surface area contributed by atoms with E-state index in [1.165, 1.54) is 6.92 Å². The molecule has 1 heterocycles. The molecule has 2 aromatic carbocycles. The van der Waals surface area contributed by atoms with E-state index in [0.29, 0.717) is 5.56 Å². The minimum absolute atomic E-state index is 0.505. The van der Waals surface area contributed by atoms with Crippen molar-refractivity contribution in [2.45, 2.75) is 26.6 Å². The maximum absolute atomic E-state index is 8.72. The minimum Gasteiger partial charge on any atom is -0.200 e. The van der Waals surface area contributed by atoms with Gasteiger partial charge < -0.3 is 0 Å². The van der Waals surface area contributed by atoms with Crippen LogP contribution in [-0.4, -0.2) is 0 Å². The van der Waals surface area contributed by atoms with Gasteiger partial charge in [-0.05, 0) is 35.6 Å². The molecule has 1 atom stereocenters. The van der Waals surface area contributed by atoms with Crippen LogP contribution in [0.1, 0.15) is 36.3 Å². The Kier molecular flexibility index (Phi) is 3.10. The molecule has 0 N–H and O–H groups in total. The molecule has 1 aromatic heterocycles. The number of benzene rings is 2. The standard InChI is InChI=1S/C22H24N/c1-16(2)20-14-22(19-13-9-8-10-17(19)3)23(4)15-21(20)18-11-6-5-7-12-18/h5-16H,1-4H3/q+1/i1D3,16D. The first-order chi connectivity index (χ1) is 12.6. The molecule has 0 aliphatic heterocycles. The highest BCUT2D eigenvalue weighted by molar-refractivity contribution is 5.70. The molecular formula is C22H24N+. The van der Waals surface area contributed by atoms with E-state index in [4.69, 9.17) is 5.48 Å². The first-order valence-electron chi connectivity index (χ1n) is 9.78. The topological polar surface area (TPSA) is 3.88 Å². The summed E-state index contributed by atoms with van der Waals surface area (Å²) in [4.78, 5) is 0. The van der Waals surface area contributed by atoms with Crippen LogP contribution in [0.25, 0.3) is 22.4 Å². The van der Waals surface area contributed by atoms with Gasteiger partial charge in [-0.15, -0.1) is 0 Å². The van der Waals surface area contributed by atoms with Crippen LogP contribution >= 0.6 is 0 Å². The van der Waals surface area contributed by atoms with Gasteiger partial charge in [0.2, 0.25) is 5.69 Å². The highest BCUT2D eigenvalue weighted by atomic mass is 14.9. The van der Waals surface area contributed by atoms with Crippen LogP contribution in [0, 0.1) is 6.92 Å². The van der Waals surface area contributed by atoms with Crippen LogP contribution in [0.15, 0.2) is 66.9 Å². The molecular weight excluding hydrogens is 278 g/mol. The molecule has 3 aromatic rings. The summed E-state index contributed by atoms with van der Waals surface area (Å²) in [5.74, 6) is -1.73. The van der Waals surface area contributed by atoms with Gasteiger partial charge in [-0.2, -0.15) is 0 Å². The van der Waals surface area contributed by atoms with Crippen LogP contribution in [0.5, 0.6) is 0 Å². The summed E-state index contributed by atoms with van der Waals surface area (Å²) in [6, 6.07) is 19.5. The van der Waals surface area contributed by atoms with Crippen molar-refractivity contribution >= 4 is 0 Å². The van der Waals surface area contributed by atoms with E-state index >= 15 is 0 Å². The van der Waals surface area contributed by atoms with Crippen molar-refractivity contribution in [3.8, 4) is 22.4 Å². The fourth-order valence-corrected chi connectivity index (χ4v) is 2.94. The van der Waals surface area contributed by atoms with Gasteiger partial charge in [-0.25, -0.2) is 4.57 Å². The molecule has 116 valence electrons. The Balaban J connectivity index is 2.34. The van der Waals surface area contributed by atoms with Gasteiger partial charge in [0.1, 0.15) is 7.05 Å². The molecule has 3 rings (SSSR count).